The van der Waals surface area contributed by atoms with Crippen LogP contribution in [0.4, 0.5) is 11.4 Å². The molecule has 1 aliphatic rings. The second-order valence-corrected chi connectivity index (χ2v) is 5.90. The van der Waals surface area contributed by atoms with Gasteiger partial charge in [0.1, 0.15) is 5.76 Å². The summed E-state index contributed by atoms with van der Waals surface area (Å²) >= 11 is 0. The predicted octanol–water partition coefficient (Wildman–Crippen LogP) is 3.83. The van der Waals surface area contributed by atoms with E-state index in [0.717, 1.165) is 41.9 Å². The lowest BCUT2D eigenvalue weighted by molar-refractivity contribution is -0.384. The molecule has 1 aromatic heterocycles. The lowest BCUT2D eigenvalue weighted by Gasteiger charge is -2.13. The van der Waals surface area contributed by atoms with Crippen LogP contribution >= 0.6 is 0 Å². The number of nitrogens with one attached hydrogen (secondary N) is 1. The summed E-state index contributed by atoms with van der Waals surface area (Å²) in [5, 5.41) is 15.1. The Kier molecular flexibility index (Phi) is 5.01. The molecule has 0 spiro atoms. The third kappa shape index (κ3) is 3.44. The fraction of sp³-hybridized carbons (Fsp3) is 0.333. The van der Waals surface area contributed by atoms with Gasteiger partial charge in [-0.2, -0.15) is 5.10 Å². The van der Waals surface area contributed by atoms with Gasteiger partial charge in [-0.25, -0.2) is 4.79 Å². The van der Waals surface area contributed by atoms with Gasteiger partial charge < -0.3 is 9.15 Å². The first kappa shape index (κ1) is 17.7. The van der Waals surface area contributed by atoms with Crippen LogP contribution in [-0.4, -0.2) is 23.2 Å². The third-order valence-electron chi connectivity index (χ3n) is 4.18. The minimum absolute atomic E-state index is 0.0212. The first-order valence-electron chi connectivity index (χ1n) is 8.38. The van der Waals surface area contributed by atoms with Crippen LogP contribution in [0.25, 0.3) is 0 Å². The maximum Gasteiger partial charge on any atom is 0.374 e. The third-order valence-corrected chi connectivity index (χ3v) is 4.18. The standard InChI is InChI=1S/C18H19N3O5/c1-3-25-18(22)17-11(2)16-14(5-4-6-15(16)26-17)20-19-12-7-9-13(10-8-12)21(23)24/h7-10,19H,3-6H2,1-2H3. The van der Waals surface area contributed by atoms with Crippen LogP contribution in [0.5, 0.6) is 0 Å². The van der Waals surface area contributed by atoms with E-state index in [2.05, 4.69) is 10.5 Å². The Morgan fingerprint density at radius 3 is 2.73 bits per heavy atom. The van der Waals surface area contributed by atoms with Crippen molar-refractivity contribution in [2.45, 2.75) is 33.1 Å². The highest BCUT2D eigenvalue weighted by Gasteiger charge is 2.28. The Morgan fingerprint density at radius 1 is 1.35 bits per heavy atom. The van der Waals surface area contributed by atoms with E-state index in [1.807, 2.05) is 6.92 Å². The van der Waals surface area contributed by atoms with Gasteiger partial charge in [-0.3, -0.25) is 15.5 Å². The summed E-state index contributed by atoms with van der Waals surface area (Å²) in [5.41, 5.74) is 5.94. The summed E-state index contributed by atoms with van der Waals surface area (Å²) < 4.78 is 10.8. The number of nitro benzene ring substituents is 1. The number of fused-ring (bicyclic) bond motifs is 1. The average Bonchev–Trinajstić information content (AvgIpc) is 2.98. The fourth-order valence-electron chi connectivity index (χ4n) is 2.96. The van der Waals surface area contributed by atoms with Crippen LogP contribution in [0.1, 0.15) is 47.2 Å². The van der Waals surface area contributed by atoms with Gasteiger partial charge in [0.25, 0.3) is 5.69 Å². The number of nitro groups is 1. The molecule has 1 aromatic carbocycles. The number of carbonyl (C=O) groups is 1. The van der Waals surface area contributed by atoms with Crippen molar-refractivity contribution in [3.63, 3.8) is 0 Å². The topological polar surface area (TPSA) is 107 Å². The summed E-state index contributed by atoms with van der Waals surface area (Å²) in [6, 6.07) is 6.02. The number of hydrazone groups is 1. The summed E-state index contributed by atoms with van der Waals surface area (Å²) in [6.07, 6.45) is 2.35. The van der Waals surface area contributed by atoms with Crippen molar-refractivity contribution in [3.8, 4) is 0 Å². The fourth-order valence-corrected chi connectivity index (χ4v) is 2.96. The molecule has 2 aromatic rings. The van der Waals surface area contributed by atoms with E-state index in [1.54, 1.807) is 19.1 Å². The number of esters is 1. The molecule has 0 saturated carbocycles. The van der Waals surface area contributed by atoms with Gasteiger partial charge in [0.15, 0.2) is 0 Å². The van der Waals surface area contributed by atoms with Crippen LogP contribution in [0, 0.1) is 17.0 Å². The molecule has 0 aliphatic heterocycles. The van der Waals surface area contributed by atoms with Crippen LogP contribution in [-0.2, 0) is 11.2 Å². The molecular formula is C18H19N3O5. The molecule has 0 radical (unpaired) electrons. The molecule has 0 amide bonds. The maximum absolute atomic E-state index is 12.0. The van der Waals surface area contributed by atoms with Crippen LogP contribution in [0.15, 0.2) is 33.8 Å². The predicted molar refractivity (Wildman–Crippen MR) is 95.6 cm³/mol. The molecule has 1 heterocycles. The zero-order valence-electron chi connectivity index (χ0n) is 14.6. The minimum atomic E-state index is -0.470. The number of furan rings is 1. The Hall–Kier alpha value is -3.16. The molecule has 0 atom stereocenters. The van der Waals surface area contributed by atoms with E-state index in [9.17, 15) is 14.9 Å². The van der Waals surface area contributed by atoms with E-state index < -0.39 is 10.9 Å². The Labute approximate surface area is 150 Å². The zero-order chi connectivity index (χ0) is 18.7. The number of benzene rings is 1. The van der Waals surface area contributed by atoms with Crippen molar-refractivity contribution in [2.75, 3.05) is 12.0 Å². The molecule has 26 heavy (non-hydrogen) atoms. The molecule has 0 bridgehead atoms. The van der Waals surface area contributed by atoms with E-state index in [0.29, 0.717) is 5.69 Å². The number of hydrogen-bond donors (Lipinski definition) is 1. The van der Waals surface area contributed by atoms with E-state index in [-0.39, 0.29) is 18.1 Å². The number of anilines is 1. The van der Waals surface area contributed by atoms with Crippen molar-refractivity contribution in [2.24, 2.45) is 5.10 Å². The number of ether oxygens (including phenoxy) is 1. The Bertz CT molecular complexity index is 868. The summed E-state index contributed by atoms with van der Waals surface area (Å²) in [5.74, 6) is 0.491. The lowest BCUT2D eigenvalue weighted by atomic mass is 9.93. The van der Waals surface area contributed by atoms with E-state index in [1.165, 1.54) is 12.1 Å². The summed E-state index contributed by atoms with van der Waals surface area (Å²) in [7, 11) is 0. The quantitative estimate of drug-likeness (QED) is 0.495. The molecule has 0 fully saturated rings. The van der Waals surface area contributed by atoms with Gasteiger partial charge in [-0.15, -0.1) is 0 Å². The molecule has 0 saturated heterocycles. The number of aryl methyl sites for hydroxylation is 1. The van der Waals surface area contributed by atoms with Crippen molar-refractivity contribution < 1.29 is 18.9 Å². The number of nitrogens with zero attached hydrogens (tertiary/aromatic N) is 2. The highest BCUT2D eigenvalue weighted by atomic mass is 16.6. The number of non-ortho nitro benzene ring substituents is 1. The molecule has 0 unspecified atom stereocenters. The number of hydrogen-bond acceptors (Lipinski definition) is 7. The summed E-state index contributed by atoms with van der Waals surface area (Å²) in [6.45, 7) is 3.85. The highest BCUT2D eigenvalue weighted by molar-refractivity contribution is 6.06. The maximum atomic E-state index is 12.0. The van der Waals surface area contributed by atoms with Crippen molar-refractivity contribution in [1.82, 2.24) is 0 Å². The van der Waals surface area contributed by atoms with Gasteiger partial charge in [0, 0.05) is 29.7 Å². The van der Waals surface area contributed by atoms with Crippen LogP contribution < -0.4 is 5.43 Å². The minimum Gasteiger partial charge on any atom is -0.460 e. The molecule has 8 heteroatoms. The van der Waals surface area contributed by atoms with Crippen LogP contribution in [0.2, 0.25) is 0 Å². The smallest absolute Gasteiger partial charge is 0.374 e. The van der Waals surface area contributed by atoms with Crippen LogP contribution in [0.3, 0.4) is 0 Å². The van der Waals surface area contributed by atoms with E-state index >= 15 is 0 Å². The Balaban J connectivity index is 1.85. The Morgan fingerprint density at radius 2 is 2.08 bits per heavy atom. The second-order valence-electron chi connectivity index (χ2n) is 5.90. The van der Waals surface area contributed by atoms with Gasteiger partial charge in [0.05, 0.1) is 22.9 Å². The molecule has 136 valence electrons. The van der Waals surface area contributed by atoms with Crippen molar-refractivity contribution in [1.29, 1.82) is 0 Å². The van der Waals surface area contributed by atoms with Gasteiger partial charge in [-0.05, 0) is 38.8 Å². The van der Waals surface area contributed by atoms with E-state index in [4.69, 9.17) is 9.15 Å². The highest BCUT2D eigenvalue weighted by Crippen LogP contribution is 2.30. The number of carbonyl (C=O) groups excluding carboxylic acids is 1. The molecule has 3 rings (SSSR count). The SMILES string of the molecule is CCOC(=O)c1oc2c(c1C)C(=NNc1ccc([N+](=O)[O-])cc1)CCC2. The van der Waals surface area contributed by atoms with Gasteiger partial charge >= 0.3 is 5.97 Å². The van der Waals surface area contributed by atoms with Crippen molar-refractivity contribution >= 4 is 23.1 Å². The summed E-state index contributed by atoms with van der Waals surface area (Å²) in [4.78, 5) is 22.3. The second kappa shape index (κ2) is 7.38. The average molecular weight is 357 g/mol. The molecular weight excluding hydrogens is 338 g/mol. The lowest BCUT2D eigenvalue weighted by Crippen LogP contribution is -2.13. The molecule has 1 N–H and O–H groups in total. The largest absolute Gasteiger partial charge is 0.460 e. The first-order valence-corrected chi connectivity index (χ1v) is 8.38. The normalized spacial score (nSPS) is 14.8. The van der Waals surface area contributed by atoms with Gasteiger partial charge in [0.2, 0.25) is 5.76 Å². The first-order chi connectivity index (χ1) is 12.5. The number of rotatable bonds is 5. The van der Waals surface area contributed by atoms with Crippen molar-refractivity contribution in [3.05, 3.63) is 57.0 Å². The van der Waals surface area contributed by atoms with Gasteiger partial charge in [-0.1, -0.05) is 0 Å². The molecule has 8 nitrogen and oxygen atoms in total. The molecule has 1 aliphatic carbocycles. The zero-order valence-corrected chi connectivity index (χ0v) is 14.6. The monoisotopic (exact) mass is 357 g/mol.